The number of halogens is 1. The highest BCUT2D eigenvalue weighted by Crippen LogP contribution is 2.44. The molecule has 0 fully saturated rings. The zero-order chi connectivity index (χ0) is 14.4. The number of hydrogen-bond donors (Lipinski definition) is 1. The summed E-state index contributed by atoms with van der Waals surface area (Å²) in [5.74, 6) is 1.31. The lowest BCUT2D eigenvalue weighted by molar-refractivity contribution is 0.410. The molecule has 0 amide bonds. The van der Waals surface area contributed by atoms with Gasteiger partial charge in [0.25, 0.3) is 0 Å². The highest BCUT2D eigenvalue weighted by molar-refractivity contribution is 6.00. The van der Waals surface area contributed by atoms with Crippen molar-refractivity contribution in [3.63, 3.8) is 0 Å². The molecule has 0 radical (unpaired) electrons. The predicted octanol–water partition coefficient (Wildman–Crippen LogP) is 4.23. The van der Waals surface area contributed by atoms with E-state index in [9.17, 15) is 4.39 Å². The summed E-state index contributed by atoms with van der Waals surface area (Å²) in [4.78, 5) is 4.34. The number of nitrogens with one attached hydrogen (secondary N) is 1. The van der Waals surface area contributed by atoms with Crippen molar-refractivity contribution in [2.24, 2.45) is 0 Å². The van der Waals surface area contributed by atoms with Crippen molar-refractivity contribution in [3.8, 4) is 17.2 Å². The van der Waals surface area contributed by atoms with E-state index in [1.165, 1.54) is 12.1 Å². The predicted molar refractivity (Wildman–Crippen MR) is 78.1 cm³/mol. The maximum atomic E-state index is 13.4. The van der Waals surface area contributed by atoms with E-state index in [2.05, 4.69) is 10.3 Å². The topological polar surface area (TPSA) is 43.4 Å². The third-order valence-electron chi connectivity index (χ3n) is 3.45. The van der Waals surface area contributed by atoms with Crippen molar-refractivity contribution in [1.82, 2.24) is 4.98 Å². The lowest BCUT2D eigenvalue weighted by atomic mass is 10.1. The molecule has 104 valence electrons. The Morgan fingerprint density at radius 1 is 1.10 bits per heavy atom. The van der Waals surface area contributed by atoms with Crippen molar-refractivity contribution in [1.29, 1.82) is 0 Å². The summed E-state index contributed by atoms with van der Waals surface area (Å²) in [6.07, 6.45) is 1.71. The van der Waals surface area contributed by atoms with Gasteiger partial charge in [-0.15, -0.1) is 0 Å². The average Bonchev–Trinajstić information content (AvgIpc) is 2.64. The highest BCUT2D eigenvalue weighted by atomic mass is 19.1. The number of fused-ring (bicyclic) bond motifs is 1. The summed E-state index contributed by atoms with van der Waals surface area (Å²) in [5, 5.41) is 4.10. The molecule has 1 N–H and O–H groups in total. The Kier molecular flexibility index (Phi) is 2.47. The van der Waals surface area contributed by atoms with Crippen LogP contribution in [0.1, 0.15) is 0 Å². The molecule has 4 rings (SSSR count). The average molecular weight is 282 g/mol. The summed E-state index contributed by atoms with van der Waals surface area (Å²) in [7, 11) is 1.58. The Morgan fingerprint density at radius 3 is 2.86 bits per heavy atom. The molecule has 0 spiro atoms. The smallest absolute Gasteiger partial charge is 0.153 e. The quantitative estimate of drug-likeness (QED) is 0.567. The molecule has 0 unspecified atom stereocenters. The molecule has 2 aromatic carbocycles. The fourth-order valence-corrected chi connectivity index (χ4v) is 2.47. The number of ether oxygens (including phenoxy) is 2. The van der Waals surface area contributed by atoms with Crippen LogP contribution in [0.25, 0.3) is 10.9 Å². The minimum atomic E-state index is -0.348. The van der Waals surface area contributed by atoms with Crippen LogP contribution in [0, 0.1) is 5.82 Å². The molecule has 21 heavy (non-hydrogen) atoms. The van der Waals surface area contributed by atoms with E-state index < -0.39 is 0 Å². The van der Waals surface area contributed by atoms with Crippen LogP contribution < -0.4 is 14.8 Å². The summed E-state index contributed by atoms with van der Waals surface area (Å²) in [5.41, 5.74) is 2.32. The van der Waals surface area contributed by atoms with E-state index in [1.54, 1.807) is 25.4 Å². The summed E-state index contributed by atoms with van der Waals surface area (Å²) in [6.45, 7) is 0. The van der Waals surface area contributed by atoms with Gasteiger partial charge < -0.3 is 14.8 Å². The number of hydrogen-bond acceptors (Lipinski definition) is 4. The Hall–Kier alpha value is -2.82. The third-order valence-corrected chi connectivity index (χ3v) is 3.45. The number of anilines is 2. The maximum Gasteiger partial charge on any atom is 0.153 e. The number of rotatable bonds is 1. The molecule has 1 aliphatic heterocycles. The van der Waals surface area contributed by atoms with E-state index in [0.29, 0.717) is 22.9 Å². The first-order chi connectivity index (χ1) is 10.2. The standard InChI is InChI=1S/C16H11FN2O2/c1-20-10-7-13-16-12(4-5-18-13)19-11-3-2-9(17)6-14(11)21-15(16)8-10/h2-8,19H,1H3. The molecule has 0 bridgehead atoms. The second kappa shape index (κ2) is 4.34. The van der Waals surface area contributed by atoms with Gasteiger partial charge in [0.1, 0.15) is 17.3 Å². The molecule has 0 aliphatic carbocycles. The third kappa shape index (κ3) is 1.86. The van der Waals surface area contributed by atoms with Crippen molar-refractivity contribution in [2.75, 3.05) is 12.4 Å². The van der Waals surface area contributed by atoms with Crippen LogP contribution in [0.2, 0.25) is 0 Å². The van der Waals surface area contributed by atoms with Gasteiger partial charge in [0.05, 0.1) is 29.4 Å². The fourth-order valence-electron chi connectivity index (χ4n) is 2.47. The van der Waals surface area contributed by atoms with Gasteiger partial charge in [0.15, 0.2) is 5.75 Å². The molecule has 0 saturated heterocycles. The molecule has 1 aromatic heterocycles. The minimum Gasteiger partial charge on any atom is -0.497 e. The van der Waals surface area contributed by atoms with Crippen molar-refractivity contribution in [2.45, 2.75) is 0 Å². The van der Waals surface area contributed by atoms with Gasteiger partial charge in [-0.3, -0.25) is 4.98 Å². The van der Waals surface area contributed by atoms with Crippen molar-refractivity contribution in [3.05, 3.63) is 48.4 Å². The van der Waals surface area contributed by atoms with E-state index in [0.717, 1.165) is 16.6 Å². The minimum absolute atomic E-state index is 0.348. The number of benzene rings is 2. The van der Waals surface area contributed by atoms with Crippen LogP contribution in [0.4, 0.5) is 15.8 Å². The van der Waals surface area contributed by atoms with Crippen LogP contribution in [0.5, 0.6) is 17.2 Å². The van der Waals surface area contributed by atoms with Gasteiger partial charge in [-0.25, -0.2) is 4.39 Å². The van der Waals surface area contributed by atoms with E-state index in [-0.39, 0.29) is 5.82 Å². The number of nitrogens with zero attached hydrogens (tertiary/aromatic N) is 1. The van der Waals surface area contributed by atoms with Crippen LogP contribution in [-0.4, -0.2) is 12.1 Å². The Morgan fingerprint density at radius 2 is 2.00 bits per heavy atom. The lowest BCUT2D eigenvalue weighted by Gasteiger charge is -2.09. The molecule has 2 heterocycles. The largest absolute Gasteiger partial charge is 0.497 e. The van der Waals surface area contributed by atoms with E-state index >= 15 is 0 Å². The zero-order valence-corrected chi connectivity index (χ0v) is 11.2. The maximum absolute atomic E-state index is 13.4. The second-order valence-electron chi connectivity index (χ2n) is 4.75. The molecule has 3 aromatic rings. The molecule has 5 heteroatoms. The zero-order valence-electron chi connectivity index (χ0n) is 11.2. The number of pyridine rings is 1. The van der Waals surface area contributed by atoms with Crippen LogP contribution in [0.15, 0.2) is 42.6 Å². The van der Waals surface area contributed by atoms with Gasteiger partial charge in [0, 0.05) is 24.4 Å². The van der Waals surface area contributed by atoms with Gasteiger partial charge in [-0.2, -0.15) is 0 Å². The van der Waals surface area contributed by atoms with Gasteiger partial charge >= 0.3 is 0 Å². The highest BCUT2D eigenvalue weighted by Gasteiger charge is 2.18. The van der Waals surface area contributed by atoms with Crippen LogP contribution in [-0.2, 0) is 0 Å². The fraction of sp³-hybridized carbons (Fsp3) is 0.0625. The molecule has 0 atom stereocenters. The Labute approximate surface area is 120 Å². The van der Waals surface area contributed by atoms with Crippen LogP contribution >= 0.6 is 0 Å². The SMILES string of the molecule is COc1cc2c3c(ccnc3c1)Nc1ccc(F)cc1O2. The normalized spacial score (nSPS) is 12.1. The molecule has 1 aliphatic rings. The second-order valence-corrected chi connectivity index (χ2v) is 4.75. The van der Waals surface area contributed by atoms with Gasteiger partial charge in [-0.05, 0) is 18.2 Å². The monoisotopic (exact) mass is 282 g/mol. The first kappa shape index (κ1) is 12.0. The van der Waals surface area contributed by atoms with Gasteiger partial charge in [0.2, 0.25) is 0 Å². The molecule has 0 saturated carbocycles. The first-order valence-electron chi connectivity index (χ1n) is 6.46. The van der Waals surface area contributed by atoms with Crippen LogP contribution in [0.3, 0.4) is 0 Å². The van der Waals surface area contributed by atoms with Crippen molar-refractivity contribution >= 4 is 22.3 Å². The summed E-state index contributed by atoms with van der Waals surface area (Å²) < 4.78 is 24.6. The van der Waals surface area contributed by atoms with Gasteiger partial charge in [-0.1, -0.05) is 0 Å². The number of methoxy groups -OCH3 is 1. The number of aromatic nitrogens is 1. The summed E-state index contributed by atoms with van der Waals surface area (Å²) in [6, 6.07) is 9.87. The molecule has 4 nitrogen and oxygen atoms in total. The first-order valence-corrected chi connectivity index (χ1v) is 6.46. The molecular weight excluding hydrogens is 271 g/mol. The van der Waals surface area contributed by atoms with Crippen molar-refractivity contribution < 1.29 is 13.9 Å². The lowest BCUT2D eigenvalue weighted by Crippen LogP contribution is -1.91. The van der Waals surface area contributed by atoms with E-state index in [4.69, 9.17) is 9.47 Å². The Balaban J connectivity index is 2.03. The van der Waals surface area contributed by atoms with E-state index in [1.807, 2.05) is 12.1 Å². The molecular formula is C16H11FN2O2. The Bertz CT molecular complexity index is 864. The summed E-state index contributed by atoms with van der Waals surface area (Å²) >= 11 is 0.